The highest BCUT2D eigenvalue weighted by atomic mass is 35.5. The summed E-state index contributed by atoms with van der Waals surface area (Å²) in [5.41, 5.74) is -0.958. The first kappa shape index (κ1) is 15.4. The van der Waals surface area contributed by atoms with Crippen LogP contribution in [0.25, 0.3) is 0 Å². The number of rotatable bonds is 4. The molecule has 112 valence electrons. The Hall–Kier alpha value is -3.00. The Balaban J connectivity index is 2.32. The minimum atomic E-state index is -1.40. The van der Waals surface area contributed by atoms with E-state index in [0.29, 0.717) is 0 Å². The predicted molar refractivity (Wildman–Crippen MR) is 75.4 cm³/mol. The van der Waals surface area contributed by atoms with Gasteiger partial charge in [0, 0.05) is 18.1 Å². The summed E-state index contributed by atoms with van der Waals surface area (Å²) in [4.78, 5) is 41.2. The van der Waals surface area contributed by atoms with Gasteiger partial charge in [-0.05, 0) is 18.2 Å². The monoisotopic (exact) mass is 321 g/mol. The first-order chi connectivity index (χ1) is 10.4. The van der Waals surface area contributed by atoms with Crippen molar-refractivity contribution in [3.05, 3.63) is 52.6 Å². The van der Waals surface area contributed by atoms with Gasteiger partial charge in [-0.25, -0.2) is 19.6 Å². The molecule has 8 nitrogen and oxygen atoms in total. The van der Waals surface area contributed by atoms with Crippen molar-refractivity contribution in [2.45, 2.75) is 0 Å². The van der Waals surface area contributed by atoms with E-state index in [-0.39, 0.29) is 22.0 Å². The van der Waals surface area contributed by atoms with E-state index in [9.17, 15) is 14.4 Å². The lowest BCUT2D eigenvalue weighted by Crippen LogP contribution is -2.19. The average molecular weight is 322 g/mol. The van der Waals surface area contributed by atoms with Gasteiger partial charge in [-0.15, -0.1) is 0 Å². The zero-order valence-electron chi connectivity index (χ0n) is 10.8. The first-order valence-corrected chi connectivity index (χ1v) is 6.16. The second-order valence-electron chi connectivity index (χ2n) is 4.01. The summed E-state index contributed by atoms with van der Waals surface area (Å²) in [5, 5.41) is 20.3. The number of nitrogens with zero attached hydrogens (tertiary/aromatic N) is 2. The lowest BCUT2D eigenvalue weighted by Gasteiger charge is -2.07. The first-order valence-electron chi connectivity index (χ1n) is 5.78. The molecule has 1 aromatic heterocycles. The number of carboxylic acids is 2. The van der Waals surface area contributed by atoms with Crippen LogP contribution in [0.1, 0.15) is 31.3 Å². The third kappa shape index (κ3) is 3.18. The molecule has 9 heteroatoms. The zero-order chi connectivity index (χ0) is 16.3. The summed E-state index contributed by atoms with van der Waals surface area (Å²) >= 11 is 5.72. The fraction of sp³-hybridized carbons (Fsp3) is 0. The van der Waals surface area contributed by atoms with E-state index in [1.165, 1.54) is 18.3 Å². The maximum absolute atomic E-state index is 12.0. The molecule has 0 radical (unpaired) electrons. The molecular weight excluding hydrogens is 314 g/mol. The largest absolute Gasteiger partial charge is 0.478 e. The van der Waals surface area contributed by atoms with Crippen LogP contribution in [-0.4, -0.2) is 38.0 Å². The van der Waals surface area contributed by atoms with Crippen LogP contribution in [0.2, 0.25) is 5.02 Å². The Morgan fingerprint density at radius 2 is 1.64 bits per heavy atom. The Morgan fingerprint density at radius 3 is 2.23 bits per heavy atom. The number of hydrogen-bond acceptors (Lipinski definition) is 5. The van der Waals surface area contributed by atoms with E-state index < -0.39 is 23.5 Å². The number of anilines is 1. The van der Waals surface area contributed by atoms with Crippen molar-refractivity contribution in [1.82, 2.24) is 9.97 Å². The zero-order valence-corrected chi connectivity index (χ0v) is 11.5. The third-order valence-corrected chi connectivity index (χ3v) is 2.90. The molecule has 0 bridgehead atoms. The van der Waals surface area contributed by atoms with E-state index in [0.717, 1.165) is 12.3 Å². The topological polar surface area (TPSA) is 129 Å². The van der Waals surface area contributed by atoms with E-state index >= 15 is 0 Å². The van der Waals surface area contributed by atoms with Gasteiger partial charge < -0.3 is 15.5 Å². The molecule has 0 spiro atoms. The number of carbonyl (C=O) groups excluding carboxylic acids is 1. The normalized spacial score (nSPS) is 10.0. The van der Waals surface area contributed by atoms with Crippen molar-refractivity contribution in [2.24, 2.45) is 0 Å². The van der Waals surface area contributed by atoms with E-state index in [1.807, 2.05) is 0 Å². The molecular formula is C13H8ClN3O5. The lowest BCUT2D eigenvalue weighted by molar-refractivity contribution is 0.0680. The summed E-state index contributed by atoms with van der Waals surface area (Å²) < 4.78 is 0. The van der Waals surface area contributed by atoms with Crippen LogP contribution < -0.4 is 5.32 Å². The molecule has 2 aromatic rings. The number of carboxylic acid groups (broad SMARTS) is 2. The summed E-state index contributed by atoms with van der Waals surface area (Å²) in [5.74, 6) is -3.49. The molecule has 0 aliphatic heterocycles. The van der Waals surface area contributed by atoms with Crippen LogP contribution in [0.3, 0.4) is 0 Å². The van der Waals surface area contributed by atoms with E-state index in [2.05, 4.69) is 15.3 Å². The molecule has 1 heterocycles. The van der Waals surface area contributed by atoms with Crippen LogP contribution in [0.15, 0.2) is 30.6 Å². The average Bonchev–Trinajstić information content (AvgIpc) is 2.48. The Morgan fingerprint density at radius 1 is 1.00 bits per heavy atom. The van der Waals surface area contributed by atoms with Gasteiger partial charge in [-0.1, -0.05) is 11.6 Å². The molecule has 0 saturated heterocycles. The summed E-state index contributed by atoms with van der Waals surface area (Å²) in [7, 11) is 0. The van der Waals surface area contributed by atoms with Gasteiger partial charge in [0.2, 0.25) is 0 Å². The second-order valence-corrected chi connectivity index (χ2v) is 4.42. The van der Waals surface area contributed by atoms with Crippen LogP contribution >= 0.6 is 11.6 Å². The van der Waals surface area contributed by atoms with Crippen molar-refractivity contribution in [3.63, 3.8) is 0 Å². The minimum Gasteiger partial charge on any atom is -0.478 e. The molecule has 1 amide bonds. The number of carbonyl (C=O) groups is 3. The van der Waals surface area contributed by atoms with Crippen LogP contribution in [0.4, 0.5) is 5.69 Å². The van der Waals surface area contributed by atoms with Crippen LogP contribution in [0, 0.1) is 0 Å². The van der Waals surface area contributed by atoms with Crippen molar-refractivity contribution in [2.75, 3.05) is 5.32 Å². The fourth-order valence-electron chi connectivity index (χ4n) is 1.62. The van der Waals surface area contributed by atoms with Crippen molar-refractivity contribution in [3.8, 4) is 0 Å². The summed E-state index contributed by atoms with van der Waals surface area (Å²) in [6.45, 7) is 0. The molecule has 22 heavy (non-hydrogen) atoms. The molecule has 0 fully saturated rings. The SMILES string of the molecule is O=C(O)c1cc(NC(=O)c2nccnc2C(=O)O)ccc1Cl. The standard InChI is InChI=1S/C13H8ClN3O5/c14-8-2-1-6(5-7(8)12(19)20)17-11(18)9-10(13(21)22)16-4-3-15-9/h1-5H,(H,17,18)(H,19,20)(H,21,22). The number of halogens is 1. The Bertz CT molecular complexity index is 778. The predicted octanol–water partition coefficient (Wildman–Crippen LogP) is 1.78. The van der Waals surface area contributed by atoms with Crippen molar-refractivity contribution < 1.29 is 24.6 Å². The summed E-state index contributed by atoms with van der Waals surface area (Å²) in [6, 6.07) is 3.83. The number of amides is 1. The number of benzene rings is 1. The highest BCUT2D eigenvalue weighted by Crippen LogP contribution is 2.21. The number of nitrogens with one attached hydrogen (secondary N) is 1. The second kappa shape index (κ2) is 6.19. The number of aromatic nitrogens is 2. The van der Waals surface area contributed by atoms with Gasteiger partial charge >= 0.3 is 11.9 Å². The number of hydrogen-bond donors (Lipinski definition) is 3. The molecule has 2 rings (SSSR count). The Labute approximate surface area is 128 Å². The van der Waals surface area contributed by atoms with E-state index in [4.69, 9.17) is 21.8 Å². The van der Waals surface area contributed by atoms with Gasteiger partial charge in [0.15, 0.2) is 11.4 Å². The highest BCUT2D eigenvalue weighted by molar-refractivity contribution is 6.33. The van der Waals surface area contributed by atoms with Crippen LogP contribution in [0.5, 0.6) is 0 Å². The van der Waals surface area contributed by atoms with E-state index in [1.54, 1.807) is 0 Å². The number of aromatic carboxylic acids is 2. The molecule has 0 unspecified atom stereocenters. The highest BCUT2D eigenvalue weighted by Gasteiger charge is 2.20. The molecule has 1 aromatic carbocycles. The molecule has 0 saturated carbocycles. The van der Waals surface area contributed by atoms with Gasteiger partial charge in [0.05, 0.1) is 10.6 Å². The molecule has 3 N–H and O–H groups in total. The maximum Gasteiger partial charge on any atom is 0.356 e. The third-order valence-electron chi connectivity index (χ3n) is 2.57. The van der Waals surface area contributed by atoms with Gasteiger partial charge in [0.1, 0.15) is 0 Å². The summed E-state index contributed by atoms with van der Waals surface area (Å²) in [6.07, 6.45) is 2.32. The van der Waals surface area contributed by atoms with Gasteiger partial charge in [-0.2, -0.15) is 0 Å². The van der Waals surface area contributed by atoms with Crippen molar-refractivity contribution >= 4 is 35.1 Å². The van der Waals surface area contributed by atoms with Gasteiger partial charge in [0.25, 0.3) is 5.91 Å². The maximum atomic E-state index is 12.0. The quantitative estimate of drug-likeness (QED) is 0.782. The smallest absolute Gasteiger partial charge is 0.356 e. The molecule has 0 aliphatic rings. The van der Waals surface area contributed by atoms with Crippen molar-refractivity contribution in [1.29, 1.82) is 0 Å². The lowest BCUT2D eigenvalue weighted by atomic mass is 10.2. The van der Waals surface area contributed by atoms with Crippen LogP contribution in [-0.2, 0) is 0 Å². The Kier molecular flexibility index (Phi) is 4.33. The van der Waals surface area contributed by atoms with Gasteiger partial charge in [-0.3, -0.25) is 4.79 Å². The molecule has 0 aliphatic carbocycles. The fourth-order valence-corrected chi connectivity index (χ4v) is 1.82. The molecule has 0 atom stereocenters. The minimum absolute atomic E-state index is 0.0104.